The number of amides is 3. The molecule has 49 heavy (non-hydrogen) atoms. The van der Waals surface area contributed by atoms with Gasteiger partial charge in [-0.25, -0.2) is 0 Å². The highest BCUT2D eigenvalue weighted by Gasteiger charge is 2.77. The first-order valence-electron chi connectivity index (χ1n) is 17.2. The van der Waals surface area contributed by atoms with Crippen LogP contribution in [0, 0.1) is 11.8 Å². The number of nitrogens with zero attached hydrogens (tertiary/aromatic N) is 2. The molecule has 3 amide bonds. The Morgan fingerprint density at radius 3 is 2.51 bits per heavy atom. The van der Waals surface area contributed by atoms with E-state index in [9.17, 15) is 24.3 Å². The van der Waals surface area contributed by atoms with Gasteiger partial charge < -0.3 is 34.4 Å². The Morgan fingerprint density at radius 2 is 1.90 bits per heavy atom. The van der Waals surface area contributed by atoms with Crippen LogP contribution in [0.5, 0.6) is 0 Å². The third-order valence-electron chi connectivity index (χ3n) is 9.74. The first kappa shape index (κ1) is 38.7. The fraction of sp³-hybridized carbons (Fsp3) is 0.622. The Morgan fingerprint density at radius 1 is 1.18 bits per heavy atom. The molecule has 0 radical (unpaired) electrons. The molecule has 3 saturated heterocycles. The van der Waals surface area contributed by atoms with Gasteiger partial charge in [0, 0.05) is 43.6 Å². The summed E-state index contributed by atoms with van der Waals surface area (Å²) >= 11 is 3.74. The third kappa shape index (κ3) is 8.13. The van der Waals surface area contributed by atoms with E-state index in [0.29, 0.717) is 37.7 Å². The van der Waals surface area contributed by atoms with E-state index in [0.717, 1.165) is 0 Å². The lowest BCUT2D eigenvalue weighted by Crippen LogP contribution is -2.60. The van der Waals surface area contributed by atoms with Gasteiger partial charge in [0.2, 0.25) is 17.7 Å². The van der Waals surface area contributed by atoms with Crippen LogP contribution in [0.1, 0.15) is 71.0 Å². The summed E-state index contributed by atoms with van der Waals surface area (Å²) in [6.45, 7) is 14.0. The average Bonchev–Trinajstić information content (AvgIpc) is 3.65. The van der Waals surface area contributed by atoms with Gasteiger partial charge in [-0.05, 0) is 58.4 Å². The van der Waals surface area contributed by atoms with Crippen molar-refractivity contribution >= 4 is 39.6 Å². The molecule has 3 aliphatic rings. The number of nitrogens with one attached hydrogen (secondary N) is 1. The number of methoxy groups -OCH3 is 1. The van der Waals surface area contributed by atoms with Gasteiger partial charge in [-0.15, -0.1) is 13.2 Å². The molecule has 1 unspecified atom stereocenters. The minimum absolute atomic E-state index is 0.0331. The summed E-state index contributed by atoms with van der Waals surface area (Å²) in [5.74, 6) is -3.41. The van der Waals surface area contributed by atoms with E-state index in [2.05, 4.69) is 34.4 Å². The maximum Gasteiger partial charge on any atom is 0.313 e. The van der Waals surface area contributed by atoms with Crippen LogP contribution in [0.2, 0.25) is 0 Å². The van der Waals surface area contributed by atoms with Crippen molar-refractivity contribution in [2.24, 2.45) is 11.8 Å². The number of esters is 1. The molecular formula is C37H52BrN3O8. The quantitative estimate of drug-likeness (QED) is 0.0994. The molecule has 11 nitrogen and oxygen atoms in total. The summed E-state index contributed by atoms with van der Waals surface area (Å²) in [7, 11) is 1.51. The van der Waals surface area contributed by atoms with Crippen LogP contribution in [0.25, 0.3) is 0 Å². The van der Waals surface area contributed by atoms with Gasteiger partial charge in [-0.3, -0.25) is 19.2 Å². The van der Waals surface area contributed by atoms with Crippen molar-refractivity contribution in [1.82, 2.24) is 15.1 Å². The number of alkyl halides is 1. The number of allylic oxidation sites excluding steroid dienone is 1. The summed E-state index contributed by atoms with van der Waals surface area (Å²) in [5, 5.41) is 12.3. The zero-order valence-corrected chi connectivity index (χ0v) is 30.7. The van der Waals surface area contributed by atoms with Gasteiger partial charge in [0.05, 0.1) is 30.6 Å². The molecule has 8 atom stereocenters. The van der Waals surface area contributed by atoms with Crippen LogP contribution < -0.4 is 5.32 Å². The van der Waals surface area contributed by atoms with Crippen LogP contribution in [-0.4, -0.2) is 106 Å². The molecule has 0 saturated carbocycles. The van der Waals surface area contributed by atoms with Gasteiger partial charge >= 0.3 is 5.97 Å². The van der Waals surface area contributed by atoms with Gasteiger partial charge in [-0.2, -0.15) is 0 Å². The second kappa shape index (κ2) is 16.8. The van der Waals surface area contributed by atoms with Gasteiger partial charge in [0.15, 0.2) is 0 Å². The molecule has 3 fully saturated rings. The number of aliphatic hydroxyl groups is 1. The Balaban J connectivity index is 1.72. The molecule has 1 aromatic carbocycles. The number of carbonyl (C=O) groups is 4. The SMILES string of the molecule is C=CCCC(=O)N[C@@H](COC)[C@@H](OC(=O)[C@H]1[C@@H]2O[C@@]3(CC2Br)[C@@H]1C(=O)N(CCCCCO)[C@@H]3C(=O)N(CC=C)C(C)(C)C)c1ccccc1. The molecule has 1 aromatic rings. The number of unbranched alkanes of at least 4 members (excludes halogenated alkanes) is 2. The lowest BCUT2D eigenvalue weighted by Gasteiger charge is -2.42. The van der Waals surface area contributed by atoms with E-state index >= 15 is 0 Å². The molecule has 4 rings (SSSR count). The van der Waals surface area contributed by atoms with Crippen LogP contribution in [0.15, 0.2) is 55.6 Å². The van der Waals surface area contributed by atoms with E-state index in [4.69, 9.17) is 14.2 Å². The lowest BCUT2D eigenvalue weighted by molar-refractivity contribution is -0.163. The first-order chi connectivity index (χ1) is 23.4. The number of fused-ring (bicyclic) bond motifs is 1. The zero-order chi connectivity index (χ0) is 35.9. The van der Waals surface area contributed by atoms with Crippen molar-refractivity contribution in [3.05, 3.63) is 61.2 Å². The number of ether oxygens (including phenoxy) is 3. The second-order valence-electron chi connectivity index (χ2n) is 14.1. The fourth-order valence-corrected chi connectivity index (χ4v) is 8.53. The third-order valence-corrected chi connectivity index (χ3v) is 10.6. The summed E-state index contributed by atoms with van der Waals surface area (Å²) in [6.07, 6.45) is 4.55. The van der Waals surface area contributed by atoms with Gasteiger partial charge in [0.25, 0.3) is 0 Å². The lowest BCUT2D eigenvalue weighted by atomic mass is 9.70. The number of hydrogen-bond acceptors (Lipinski definition) is 8. The Hall–Kier alpha value is -3.06. The Bertz CT molecular complexity index is 1350. The fourth-order valence-electron chi connectivity index (χ4n) is 7.59. The standard InChI is InChI=1S/C37H52BrN3O8/c1-7-9-18-27(43)39-26(23-47-6)30(24-16-12-10-13-17-24)48-35(46)28-29-33(44)40(20-14-11-15-21-42)32(37(29)22-25(38)31(28)49-37)34(45)41(19-8-2)36(3,4)5/h7-8,10,12-13,16-17,25-26,28-32,42H,1-2,9,11,14-15,18-23H2,3-6H3,(H,39,43)/t25?,26-,28+,29-,30-,31+,32+,37-/m0/s1. The van der Waals surface area contributed by atoms with Crippen LogP contribution >= 0.6 is 15.9 Å². The molecule has 2 bridgehead atoms. The topological polar surface area (TPSA) is 135 Å². The zero-order valence-electron chi connectivity index (χ0n) is 29.1. The van der Waals surface area contributed by atoms with Crippen LogP contribution in [0.4, 0.5) is 0 Å². The number of rotatable bonds is 18. The average molecular weight is 747 g/mol. The van der Waals surface area contributed by atoms with E-state index < -0.39 is 53.2 Å². The van der Waals surface area contributed by atoms with Crippen LogP contribution in [-0.2, 0) is 33.4 Å². The normalized spacial score (nSPS) is 26.9. The number of likely N-dealkylation sites (tertiary alicyclic amines) is 1. The Labute approximate surface area is 298 Å². The summed E-state index contributed by atoms with van der Waals surface area (Å²) in [5.41, 5.74) is -1.19. The molecule has 0 aliphatic carbocycles. The minimum atomic E-state index is -1.26. The number of benzene rings is 1. The monoisotopic (exact) mass is 745 g/mol. The van der Waals surface area contributed by atoms with E-state index in [-0.39, 0.29) is 55.3 Å². The molecule has 1 spiro atoms. The maximum absolute atomic E-state index is 14.6. The first-order valence-corrected chi connectivity index (χ1v) is 18.1. The number of carbonyl (C=O) groups excluding carboxylic acids is 4. The number of aliphatic hydroxyl groups excluding tert-OH is 1. The molecule has 3 heterocycles. The van der Waals surface area contributed by atoms with Crippen molar-refractivity contribution < 1.29 is 38.5 Å². The van der Waals surface area contributed by atoms with Gasteiger partial charge in [-0.1, -0.05) is 58.4 Å². The summed E-state index contributed by atoms with van der Waals surface area (Å²) < 4.78 is 18.5. The molecule has 12 heteroatoms. The molecule has 3 aliphatic heterocycles. The predicted octanol–water partition coefficient (Wildman–Crippen LogP) is 4.09. The Kier molecular flexibility index (Phi) is 13.3. The maximum atomic E-state index is 14.6. The van der Waals surface area contributed by atoms with Crippen molar-refractivity contribution in [3.8, 4) is 0 Å². The van der Waals surface area contributed by atoms with Crippen molar-refractivity contribution in [2.45, 2.75) is 99.6 Å². The van der Waals surface area contributed by atoms with Gasteiger partial charge in [0.1, 0.15) is 17.7 Å². The summed E-state index contributed by atoms with van der Waals surface area (Å²) in [4.78, 5) is 59.5. The minimum Gasteiger partial charge on any atom is -0.455 e. The highest BCUT2D eigenvalue weighted by molar-refractivity contribution is 9.09. The van der Waals surface area contributed by atoms with E-state index in [1.165, 1.54) is 7.11 Å². The van der Waals surface area contributed by atoms with Crippen molar-refractivity contribution in [2.75, 3.05) is 33.4 Å². The largest absolute Gasteiger partial charge is 0.455 e. The van der Waals surface area contributed by atoms with E-state index in [1.807, 2.05) is 51.1 Å². The smallest absolute Gasteiger partial charge is 0.313 e. The summed E-state index contributed by atoms with van der Waals surface area (Å²) in [6, 6.07) is 7.42. The van der Waals surface area contributed by atoms with E-state index in [1.54, 1.807) is 22.0 Å². The molecular weight excluding hydrogens is 694 g/mol. The second-order valence-corrected chi connectivity index (χ2v) is 15.3. The van der Waals surface area contributed by atoms with Crippen molar-refractivity contribution in [1.29, 1.82) is 0 Å². The predicted molar refractivity (Wildman–Crippen MR) is 189 cm³/mol. The van der Waals surface area contributed by atoms with Crippen LogP contribution in [0.3, 0.4) is 0 Å². The highest BCUT2D eigenvalue weighted by Crippen LogP contribution is 2.60. The molecule has 270 valence electrons. The number of hydrogen-bond donors (Lipinski definition) is 2. The van der Waals surface area contributed by atoms with Crippen molar-refractivity contribution in [3.63, 3.8) is 0 Å². The highest BCUT2D eigenvalue weighted by atomic mass is 79.9. The number of halogens is 1. The molecule has 0 aromatic heterocycles. The molecule has 2 N–H and O–H groups in total.